The van der Waals surface area contributed by atoms with E-state index in [-0.39, 0.29) is 0 Å². The van der Waals surface area contributed by atoms with Crippen LogP contribution in [0.1, 0.15) is 18.7 Å². The molecule has 0 atom stereocenters. The van der Waals surface area contributed by atoms with E-state index in [4.69, 9.17) is 4.52 Å². The predicted octanol–water partition coefficient (Wildman–Crippen LogP) is 2.20. The number of hydrogen-bond donors (Lipinski definition) is 0. The molecule has 7 heteroatoms. The Bertz CT molecular complexity index is 789. The second kappa shape index (κ2) is 6.52. The molecule has 0 radical (unpaired) electrons. The Labute approximate surface area is 140 Å². The van der Waals surface area contributed by atoms with Crippen LogP contribution in [0.25, 0.3) is 17.1 Å². The molecule has 24 heavy (non-hydrogen) atoms. The third kappa shape index (κ3) is 3.07. The molecule has 0 unspecified atom stereocenters. The smallest absolute Gasteiger partial charge is 0.260 e. The average Bonchev–Trinajstić information content (AvgIpc) is 3.29. The molecule has 3 aromatic rings. The Balaban J connectivity index is 1.55. The van der Waals surface area contributed by atoms with Crippen molar-refractivity contribution in [3.63, 3.8) is 0 Å². The van der Waals surface area contributed by atoms with Crippen LogP contribution in [0.2, 0.25) is 0 Å². The van der Waals surface area contributed by atoms with E-state index in [1.807, 2.05) is 24.3 Å². The van der Waals surface area contributed by atoms with E-state index < -0.39 is 0 Å². The summed E-state index contributed by atoms with van der Waals surface area (Å²) < 4.78 is 7.22. The van der Waals surface area contributed by atoms with Gasteiger partial charge in [-0.3, -0.25) is 0 Å². The Morgan fingerprint density at radius 2 is 2.04 bits per heavy atom. The van der Waals surface area contributed by atoms with Gasteiger partial charge in [-0.15, -0.1) is 0 Å². The van der Waals surface area contributed by atoms with Crippen LogP contribution >= 0.6 is 0 Å². The molecule has 1 saturated heterocycles. The van der Waals surface area contributed by atoms with Crippen molar-refractivity contribution in [2.75, 3.05) is 20.1 Å². The van der Waals surface area contributed by atoms with Crippen molar-refractivity contribution in [2.24, 2.45) is 5.92 Å². The molecule has 7 nitrogen and oxygen atoms in total. The second-order valence-corrected chi connectivity index (χ2v) is 6.32. The van der Waals surface area contributed by atoms with Crippen molar-refractivity contribution in [1.29, 1.82) is 0 Å². The van der Waals surface area contributed by atoms with Gasteiger partial charge >= 0.3 is 0 Å². The molecule has 4 rings (SSSR count). The fourth-order valence-corrected chi connectivity index (χ4v) is 3.16. The highest BCUT2D eigenvalue weighted by atomic mass is 16.5. The molecule has 1 aliphatic heterocycles. The quantitative estimate of drug-likeness (QED) is 0.732. The van der Waals surface area contributed by atoms with Crippen molar-refractivity contribution in [1.82, 2.24) is 29.8 Å². The van der Waals surface area contributed by atoms with Crippen molar-refractivity contribution in [3.8, 4) is 17.1 Å². The Morgan fingerprint density at radius 1 is 1.21 bits per heavy atom. The molecule has 0 saturated carbocycles. The molecule has 1 fully saturated rings. The van der Waals surface area contributed by atoms with Gasteiger partial charge in [0.15, 0.2) is 5.82 Å². The minimum atomic E-state index is 0.532. The minimum Gasteiger partial charge on any atom is -0.334 e. The number of piperidine rings is 1. The number of rotatable bonds is 4. The standard InChI is InChI=1S/C17H20N6O/c1-22-8-6-13(7-9-22)10-16-20-17(24-21-16)14-4-2-3-5-15(14)23-12-18-11-19-23/h2-5,11-13H,6-10H2,1H3. The molecule has 1 aromatic carbocycles. The Hall–Kier alpha value is -2.54. The number of likely N-dealkylation sites (tertiary alicyclic amines) is 1. The normalized spacial score (nSPS) is 16.5. The van der Waals surface area contributed by atoms with Crippen LogP contribution < -0.4 is 0 Å². The SMILES string of the molecule is CN1CCC(Cc2noc(-c3ccccc3-n3cncn3)n2)CC1. The van der Waals surface area contributed by atoms with Gasteiger partial charge in [-0.1, -0.05) is 17.3 Å². The maximum Gasteiger partial charge on any atom is 0.260 e. The van der Waals surface area contributed by atoms with Gasteiger partial charge in [0.25, 0.3) is 5.89 Å². The van der Waals surface area contributed by atoms with Gasteiger partial charge in [-0.25, -0.2) is 9.67 Å². The first-order valence-electron chi connectivity index (χ1n) is 8.25. The van der Waals surface area contributed by atoms with E-state index in [0.29, 0.717) is 11.8 Å². The third-order valence-electron chi connectivity index (χ3n) is 4.58. The van der Waals surface area contributed by atoms with Crippen LogP contribution in [0, 0.1) is 5.92 Å². The molecule has 0 N–H and O–H groups in total. The molecule has 3 heterocycles. The van der Waals surface area contributed by atoms with Crippen LogP contribution in [0.5, 0.6) is 0 Å². The molecule has 0 spiro atoms. The van der Waals surface area contributed by atoms with E-state index in [1.54, 1.807) is 11.0 Å². The largest absolute Gasteiger partial charge is 0.334 e. The summed E-state index contributed by atoms with van der Waals surface area (Å²) in [7, 11) is 2.17. The molecule has 124 valence electrons. The average molecular weight is 324 g/mol. The van der Waals surface area contributed by atoms with Crippen molar-refractivity contribution in [2.45, 2.75) is 19.3 Å². The monoisotopic (exact) mass is 324 g/mol. The molecular formula is C17H20N6O. The van der Waals surface area contributed by atoms with E-state index in [0.717, 1.165) is 36.6 Å². The zero-order valence-corrected chi connectivity index (χ0v) is 13.7. The lowest BCUT2D eigenvalue weighted by Gasteiger charge is -2.27. The third-order valence-corrected chi connectivity index (χ3v) is 4.58. The van der Waals surface area contributed by atoms with E-state index in [9.17, 15) is 0 Å². The summed E-state index contributed by atoms with van der Waals surface area (Å²) in [6, 6.07) is 7.83. The summed E-state index contributed by atoms with van der Waals surface area (Å²) in [6.45, 7) is 2.29. The van der Waals surface area contributed by atoms with Crippen molar-refractivity contribution in [3.05, 3.63) is 42.7 Å². The maximum atomic E-state index is 5.52. The first-order valence-corrected chi connectivity index (χ1v) is 8.25. The van der Waals surface area contributed by atoms with Gasteiger partial charge in [0, 0.05) is 6.42 Å². The lowest BCUT2D eigenvalue weighted by Crippen LogP contribution is -2.31. The van der Waals surface area contributed by atoms with Crippen LogP contribution in [0.4, 0.5) is 0 Å². The molecule has 2 aromatic heterocycles. The van der Waals surface area contributed by atoms with Gasteiger partial charge in [0.05, 0.1) is 11.3 Å². The number of benzene rings is 1. The number of nitrogens with zero attached hydrogens (tertiary/aromatic N) is 6. The summed E-state index contributed by atoms with van der Waals surface area (Å²) in [5, 5.41) is 8.37. The fraction of sp³-hybridized carbons (Fsp3) is 0.412. The number of hydrogen-bond acceptors (Lipinski definition) is 6. The molecule has 0 amide bonds. The first kappa shape index (κ1) is 15.0. The topological polar surface area (TPSA) is 72.9 Å². The summed E-state index contributed by atoms with van der Waals surface area (Å²) >= 11 is 0. The molecule has 0 bridgehead atoms. The van der Waals surface area contributed by atoms with Crippen LogP contribution in [0.15, 0.2) is 41.4 Å². The van der Waals surface area contributed by atoms with Gasteiger partial charge < -0.3 is 9.42 Å². The summed E-state index contributed by atoms with van der Waals surface area (Å²) in [4.78, 5) is 11.0. The highest BCUT2D eigenvalue weighted by Crippen LogP contribution is 2.26. The lowest BCUT2D eigenvalue weighted by molar-refractivity contribution is 0.216. The summed E-state index contributed by atoms with van der Waals surface area (Å²) in [5.74, 6) is 1.95. The number of para-hydroxylation sites is 1. The van der Waals surface area contributed by atoms with E-state index in [1.165, 1.54) is 19.2 Å². The van der Waals surface area contributed by atoms with Crippen LogP contribution in [-0.4, -0.2) is 49.9 Å². The molecular weight excluding hydrogens is 304 g/mol. The maximum absolute atomic E-state index is 5.52. The van der Waals surface area contributed by atoms with Crippen LogP contribution in [-0.2, 0) is 6.42 Å². The van der Waals surface area contributed by atoms with Gasteiger partial charge in [-0.05, 0) is 51.0 Å². The molecule has 0 aliphatic carbocycles. The lowest BCUT2D eigenvalue weighted by atomic mass is 9.94. The van der Waals surface area contributed by atoms with Crippen molar-refractivity contribution >= 4 is 0 Å². The van der Waals surface area contributed by atoms with Gasteiger partial charge in [0.2, 0.25) is 0 Å². The van der Waals surface area contributed by atoms with Gasteiger partial charge in [-0.2, -0.15) is 10.1 Å². The van der Waals surface area contributed by atoms with Crippen LogP contribution in [0.3, 0.4) is 0 Å². The summed E-state index contributed by atoms with van der Waals surface area (Å²) in [5.41, 5.74) is 1.75. The minimum absolute atomic E-state index is 0.532. The zero-order valence-electron chi connectivity index (χ0n) is 13.7. The number of aromatic nitrogens is 5. The highest BCUT2D eigenvalue weighted by Gasteiger charge is 2.20. The van der Waals surface area contributed by atoms with E-state index in [2.05, 4.69) is 32.2 Å². The first-order chi connectivity index (χ1) is 11.8. The molecule has 1 aliphatic rings. The Morgan fingerprint density at radius 3 is 2.83 bits per heavy atom. The summed E-state index contributed by atoms with van der Waals surface area (Å²) in [6.07, 6.45) is 6.43. The zero-order chi connectivity index (χ0) is 16.4. The highest BCUT2D eigenvalue weighted by molar-refractivity contribution is 5.65. The van der Waals surface area contributed by atoms with Crippen molar-refractivity contribution < 1.29 is 4.52 Å². The predicted molar refractivity (Wildman–Crippen MR) is 88.6 cm³/mol. The fourth-order valence-electron chi connectivity index (χ4n) is 3.16. The van der Waals surface area contributed by atoms with E-state index >= 15 is 0 Å². The second-order valence-electron chi connectivity index (χ2n) is 6.32. The Kier molecular flexibility index (Phi) is 4.08. The van der Waals surface area contributed by atoms with Gasteiger partial charge in [0.1, 0.15) is 12.7 Å².